The molecule has 25 heavy (non-hydrogen) atoms. The third-order valence-corrected chi connectivity index (χ3v) is 4.67. The zero-order valence-corrected chi connectivity index (χ0v) is 15.0. The van der Waals surface area contributed by atoms with Crippen molar-refractivity contribution in [3.63, 3.8) is 0 Å². The minimum absolute atomic E-state index is 0.0847. The summed E-state index contributed by atoms with van der Waals surface area (Å²) < 4.78 is 5.36. The second-order valence-electron chi connectivity index (χ2n) is 5.57. The van der Waals surface area contributed by atoms with Crippen molar-refractivity contribution in [2.75, 3.05) is 11.9 Å². The fraction of sp³-hybridized carbons (Fsp3) is 0.278. The number of nitrogens with one attached hydrogen (secondary N) is 2. The van der Waals surface area contributed by atoms with Gasteiger partial charge in [-0.1, -0.05) is 53.7 Å². The number of aryl methyl sites for hydroxylation is 1. The Hall–Kier alpha value is -2.67. The first-order valence-electron chi connectivity index (χ1n) is 8.17. The molecule has 3 rings (SSSR count). The SMILES string of the molecule is CCCNC(=O)c1cnc(NCc2c(-c3ccccc3)noc2C)s1. The highest BCUT2D eigenvalue weighted by Crippen LogP contribution is 2.26. The summed E-state index contributed by atoms with van der Waals surface area (Å²) in [5.74, 6) is 0.683. The van der Waals surface area contributed by atoms with E-state index in [1.165, 1.54) is 11.3 Å². The van der Waals surface area contributed by atoms with Gasteiger partial charge in [0.15, 0.2) is 5.13 Å². The lowest BCUT2D eigenvalue weighted by Crippen LogP contribution is -2.22. The second-order valence-corrected chi connectivity index (χ2v) is 6.60. The predicted molar refractivity (Wildman–Crippen MR) is 98.7 cm³/mol. The fourth-order valence-corrected chi connectivity index (χ4v) is 3.10. The minimum atomic E-state index is -0.0847. The van der Waals surface area contributed by atoms with Crippen molar-refractivity contribution in [3.05, 3.63) is 52.7 Å². The van der Waals surface area contributed by atoms with Gasteiger partial charge in [0.1, 0.15) is 16.3 Å². The molecule has 0 atom stereocenters. The minimum Gasteiger partial charge on any atom is -0.361 e. The van der Waals surface area contributed by atoms with Crippen LogP contribution in [0.4, 0.5) is 5.13 Å². The van der Waals surface area contributed by atoms with Crippen LogP contribution in [-0.2, 0) is 6.54 Å². The van der Waals surface area contributed by atoms with Gasteiger partial charge in [0, 0.05) is 24.2 Å². The van der Waals surface area contributed by atoms with Gasteiger partial charge in [0.25, 0.3) is 5.91 Å². The Morgan fingerprint density at radius 3 is 2.84 bits per heavy atom. The highest BCUT2D eigenvalue weighted by molar-refractivity contribution is 7.17. The van der Waals surface area contributed by atoms with Crippen molar-refractivity contribution in [1.29, 1.82) is 0 Å². The van der Waals surface area contributed by atoms with Gasteiger partial charge in [-0.2, -0.15) is 0 Å². The van der Waals surface area contributed by atoms with Crippen molar-refractivity contribution >= 4 is 22.4 Å². The highest BCUT2D eigenvalue weighted by atomic mass is 32.1. The van der Waals surface area contributed by atoms with Gasteiger partial charge in [-0.25, -0.2) is 4.98 Å². The average molecular weight is 356 g/mol. The molecule has 3 aromatic rings. The highest BCUT2D eigenvalue weighted by Gasteiger charge is 2.15. The Kier molecular flexibility index (Phi) is 5.45. The molecule has 0 unspecified atom stereocenters. The van der Waals surface area contributed by atoms with E-state index in [-0.39, 0.29) is 5.91 Å². The van der Waals surface area contributed by atoms with E-state index in [0.717, 1.165) is 29.0 Å². The lowest BCUT2D eigenvalue weighted by molar-refractivity contribution is 0.0957. The Bertz CT molecular complexity index is 842. The summed E-state index contributed by atoms with van der Waals surface area (Å²) >= 11 is 1.34. The summed E-state index contributed by atoms with van der Waals surface area (Å²) in [6, 6.07) is 9.91. The maximum Gasteiger partial charge on any atom is 0.263 e. The van der Waals surface area contributed by atoms with E-state index in [1.807, 2.05) is 44.2 Å². The molecule has 0 aliphatic carbocycles. The summed E-state index contributed by atoms with van der Waals surface area (Å²) in [6.07, 6.45) is 2.50. The van der Waals surface area contributed by atoms with Crippen LogP contribution in [0.3, 0.4) is 0 Å². The van der Waals surface area contributed by atoms with Crippen molar-refractivity contribution in [1.82, 2.24) is 15.5 Å². The van der Waals surface area contributed by atoms with Gasteiger partial charge in [-0.05, 0) is 13.3 Å². The summed E-state index contributed by atoms with van der Waals surface area (Å²) in [5, 5.41) is 11.0. The van der Waals surface area contributed by atoms with Crippen LogP contribution < -0.4 is 10.6 Å². The number of thiazole rings is 1. The van der Waals surface area contributed by atoms with Gasteiger partial charge >= 0.3 is 0 Å². The van der Waals surface area contributed by atoms with Gasteiger partial charge in [0.05, 0.1) is 6.20 Å². The number of nitrogens with zero attached hydrogens (tertiary/aromatic N) is 2. The van der Waals surface area contributed by atoms with Gasteiger partial charge in [-0.3, -0.25) is 4.79 Å². The Morgan fingerprint density at radius 1 is 1.28 bits per heavy atom. The number of anilines is 1. The third-order valence-electron chi connectivity index (χ3n) is 3.71. The molecule has 130 valence electrons. The molecule has 0 saturated heterocycles. The van der Waals surface area contributed by atoms with Crippen LogP contribution >= 0.6 is 11.3 Å². The number of aromatic nitrogens is 2. The number of hydrogen-bond donors (Lipinski definition) is 2. The van der Waals surface area contributed by atoms with E-state index < -0.39 is 0 Å². The molecule has 1 amide bonds. The van der Waals surface area contributed by atoms with Gasteiger partial charge < -0.3 is 15.2 Å². The molecule has 0 spiro atoms. The number of carbonyl (C=O) groups is 1. The summed E-state index contributed by atoms with van der Waals surface area (Å²) in [4.78, 5) is 16.8. The zero-order valence-electron chi connectivity index (χ0n) is 14.2. The van der Waals surface area contributed by atoms with E-state index in [2.05, 4.69) is 20.8 Å². The lowest BCUT2D eigenvalue weighted by atomic mass is 10.1. The number of carbonyl (C=O) groups excluding carboxylic acids is 1. The van der Waals surface area contributed by atoms with E-state index >= 15 is 0 Å². The molecule has 2 heterocycles. The molecule has 7 heteroatoms. The smallest absolute Gasteiger partial charge is 0.263 e. The first-order chi connectivity index (χ1) is 12.2. The van der Waals surface area contributed by atoms with Crippen LogP contribution in [0.5, 0.6) is 0 Å². The zero-order chi connectivity index (χ0) is 17.6. The molecule has 1 aromatic carbocycles. The van der Waals surface area contributed by atoms with Crippen molar-refractivity contribution in [2.24, 2.45) is 0 Å². The van der Waals surface area contributed by atoms with E-state index in [4.69, 9.17) is 4.52 Å². The fourth-order valence-electron chi connectivity index (χ4n) is 2.37. The normalized spacial score (nSPS) is 10.6. The van der Waals surface area contributed by atoms with Crippen LogP contribution in [0.2, 0.25) is 0 Å². The Balaban J connectivity index is 1.70. The number of benzene rings is 1. The molecule has 0 aliphatic rings. The molecule has 0 fully saturated rings. The van der Waals surface area contributed by atoms with E-state index in [0.29, 0.717) is 23.1 Å². The lowest BCUT2D eigenvalue weighted by Gasteiger charge is -2.04. The Morgan fingerprint density at radius 2 is 2.08 bits per heavy atom. The quantitative estimate of drug-likeness (QED) is 0.672. The number of amides is 1. The number of rotatable bonds is 7. The first-order valence-corrected chi connectivity index (χ1v) is 8.99. The average Bonchev–Trinajstić information content (AvgIpc) is 3.25. The maximum absolute atomic E-state index is 11.9. The maximum atomic E-state index is 11.9. The molecular weight excluding hydrogens is 336 g/mol. The third kappa shape index (κ3) is 4.06. The summed E-state index contributed by atoms with van der Waals surface area (Å²) in [5.41, 5.74) is 2.82. The second kappa shape index (κ2) is 7.94. The topological polar surface area (TPSA) is 80.0 Å². The van der Waals surface area contributed by atoms with Crippen molar-refractivity contribution in [2.45, 2.75) is 26.8 Å². The van der Waals surface area contributed by atoms with Crippen LogP contribution in [-0.4, -0.2) is 22.6 Å². The molecule has 0 saturated carbocycles. The summed E-state index contributed by atoms with van der Waals surface area (Å²) in [7, 11) is 0. The Labute approximate surface area is 150 Å². The van der Waals surface area contributed by atoms with Crippen molar-refractivity contribution < 1.29 is 9.32 Å². The van der Waals surface area contributed by atoms with Gasteiger partial charge in [0.2, 0.25) is 0 Å². The van der Waals surface area contributed by atoms with Gasteiger partial charge in [-0.15, -0.1) is 0 Å². The van der Waals surface area contributed by atoms with Crippen LogP contribution in [0.25, 0.3) is 11.3 Å². The van der Waals surface area contributed by atoms with Crippen LogP contribution in [0, 0.1) is 6.92 Å². The summed E-state index contributed by atoms with van der Waals surface area (Å²) in [6.45, 7) is 5.11. The van der Waals surface area contributed by atoms with Crippen molar-refractivity contribution in [3.8, 4) is 11.3 Å². The largest absolute Gasteiger partial charge is 0.361 e. The molecule has 2 N–H and O–H groups in total. The van der Waals surface area contributed by atoms with E-state index in [1.54, 1.807) is 6.20 Å². The molecule has 0 aliphatic heterocycles. The molecule has 0 bridgehead atoms. The monoisotopic (exact) mass is 356 g/mol. The number of hydrogen-bond acceptors (Lipinski definition) is 6. The molecule has 6 nitrogen and oxygen atoms in total. The predicted octanol–water partition coefficient (Wildman–Crippen LogP) is 3.86. The molecule has 2 aromatic heterocycles. The van der Waals surface area contributed by atoms with Crippen LogP contribution in [0.15, 0.2) is 41.1 Å². The standard InChI is InChI=1S/C18H20N4O2S/c1-3-9-19-17(23)15-11-21-18(25-15)20-10-14-12(2)24-22-16(14)13-7-5-4-6-8-13/h4-8,11H,3,9-10H2,1-2H3,(H,19,23)(H,20,21). The molecule has 0 radical (unpaired) electrons. The molecular formula is C18H20N4O2S. The van der Waals surface area contributed by atoms with Crippen LogP contribution in [0.1, 0.15) is 34.3 Å². The van der Waals surface area contributed by atoms with E-state index in [9.17, 15) is 4.79 Å². The first kappa shape index (κ1) is 17.2.